The van der Waals surface area contributed by atoms with Gasteiger partial charge in [-0.25, -0.2) is 0 Å². The van der Waals surface area contributed by atoms with E-state index >= 15 is 0 Å². The lowest BCUT2D eigenvalue weighted by Gasteiger charge is -2.33. The van der Waals surface area contributed by atoms with Crippen LogP contribution in [0.4, 0.5) is 0 Å². The number of nitrogens with zero attached hydrogens (tertiary/aromatic N) is 1. The average Bonchev–Trinajstić information content (AvgIpc) is 2.38. The normalized spacial score (nSPS) is 27.2. The summed E-state index contributed by atoms with van der Waals surface area (Å²) in [6.07, 6.45) is 17.4. The Kier molecular flexibility index (Phi) is 8.41. The van der Waals surface area contributed by atoms with Gasteiger partial charge in [-0.1, -0.05) is 51.2 Å². The molecule has 1 aliphatic heterocycles. The van der Waals surface area contributed by atoms with Crippen molar-refractivity contribution >= 4 is 0 Å². The highest BCUT2D eigenvalue weighted by atomic mass is 15.2. The van der Waals surface area contributed by atoms with Gasteiger partial charge in [0.25, 0.3) is 0 Å². The first kappa shape index (κ1) is 15.8. The first-order valence-corrected chi connectivity index (χ1v) is 8.18. The molecule has 1 atom stereocenters. The van der Waals surface area contributed by atoms with Gasteiger partial charge in [0, 0.05) is 12.1 Å². The van der Waals surface area contributed by atoms with Gasteiger partial charge < -0.3 is 0 Å². The number of allylic oxidation sites excluding steroid dienone is 1. The van der Waals surface area contributed by atoms with Gasteiger partial charge in [0.15, 0.2) is 0 Å². The van der Waals surface area contributed by atoms with Crippen LogP contribution in [0.1, 0.15) is 78.6 Å². The minimum absolute atomic E-state index is 0.658. The van der Waals surface area contributed by atoms with Crippen LogP contribution in [0.5, 0.6) is 0 Å². The molecule has 0 amide bonds. The molecule has 0 aromatic carbocycles. The SMILES string of the molecule is CCC1/C=C\CCCCCCCCCN1C(C)C. The van der Waals surface area contributed by atoms with Gasteiger partial charge in [0.05, 0.1) is 0 Å². The van der Waals surface area contributed by atoms with Gasteiger partial charge in [-0.3, -0.25) is 4.90 Å². The molecule has 0 saturated carbocycles. The topological polar surface area (TPSA) is 3.24 Å². The molecule has 0 radical (unpaired) electrons. The Hall–Kier alpha value is -0.300. The Morgan fingerprint density at radius 1 is 1.00 bits per heavy atom. The molecule has 0 N–H and O–H groups in total. The fourth-order valence-electron chi connectivity index (χ4n) is 2.98. The molecule has 0 fully saturated rings. The van der Waals surface area contributed by atoms with Crippen molar-refractivity contribution in [3.63, 3.8) is 0 Å². The third-order valence-corrected chi connectivity index (χ3v) is 4.15. The van der Waals surface area contributed by atoms with Crippen LogP contribution in [-0.4, -0.2) is 23.5 Å². The molecule has 0 aromatic rings. The summed E-state index contributed by atoms with van der Waals surface area (Å²) in [5.41, 5.74) is 0. The van der Waals surface area contributed by atoms with E-state index in [-0.39, 0.29) is 0 Å². The Bertz CT molecular complexity index is 220. The fraction of sp³-hybridized carbons (Fsp3) is 0.882. The fourth-order valence-corrected chi connectivity index (χ4v) is 2.98. The van der Waals surface area contributed by atoms with Gasteiger partial charge in [-0.05, 0) is 46.1 Å². The highest BCUT2D eigenvalue weighted by Gasteiger charge is 2.16. The Labute approximate surface area is 115 Å². The van der Waals surface area contributed by atoms with E-state index in [4.69, 9.17) is 0 Å². The number of hydrogen-bond acceptors (Lipinski definition) is 1. The summed E-state index contributed by atoms with van der Waals surface area (Å²) in [4.78, 5) is 2.69. The lowest BCUT2D eigenvalue weighted by molar-refractivity contribution is 0.173. The Morgan fingerprint density at radius 3 is 2.22 bits per heavy atom. The maximum atomic E-state index is 2.69. The second-order valence-corrected chi connectivity index (χ2v) is 6.00. The van der Waals surface area contributed by atoms with Gasteiger partial charge in [-0.2, -0.15) is 0 Å². The Morgan fingerprint density at radius 2 is 1.61 bits per heavy atom. The van der Waals surface area contributed by atoms with Crippen molar-refractivity contribution in [3.8, 4) is 0 Å². The molecule has 1 rings (SSSR count). The van der Waals surface area contributed by atoms with Crippen LogP contribution in [-0.2, 0) is 0 Å². The molecule has 1 heteroatoms. The van der Waals surface area contributed by atoms with Crippen molar-refractivity contribution < 1.29 is 0 Å². The van der Waals surface area contributed by atoms with Crippen molar-refractivity contribution in [2.24, 2.45) is 0 Å². The van der Waals surface area contributed by atoms with E-state index in [1.54, 1.807) is 0 Å². The van der Waals surface area contributed by atoms with E-state index in [0.29, 0.717) is 12.1 Å². The predicted molar refractivity (Wildman–Crippen MR) is 82.0 cm³/mol. The van der Waals surface area contributed by atoms with Crippen LogP contribution >= 0.6 is 0 Å². The minimum Gasteiger partial charge on any atom is -0.295 e. The van der Waals surface area contributed by atoms with Gasteiger partial charge in [0.1, 0.15) is 0 Å². The summed E-state index contributed by atoms with van der Waals surface area (Å²) in [7, 11) is 0. The highest BCUT2D eigenvalue weighted by molar-refractivity contribution is 4.95. The van der Waals surface area contributed by atoms with Crippen molar-refractivity contribution in [1.82, 2.24) is 4.90 Å². The average molecular weight is 251 g/mol. The van der Waals surface area contributed by atoms with E-state index in [0.717, 1.165) is 0 Å². The molecule has 1 unspecified atom stereocenters. The van der Waals surface area contributed by atoms with Crippen LogP contribution in [0.2, 0.25) is 0 Å². The summed E-state index contributed by atoms with van der Waals surface area (Å²) in [5, 5.41) is 0. The second kappa shape index (κ2) is 9.61. The summed E-state index contributed by atoms with van der Waals surface area (Å²) < 4.78 is 0. The third-order valence-electron chi connectivity index (χ3n) is 4.15. The largest absolute Gasteiger partial charge is 0.295 e. The van der Waals surface area contributed by atoms with Crippen LogP contribution in [0.15, 0.2) is 12.2 Å². The predicted octanol–water partition coefficient (Wildman–Crippen LogP) is 5.17. The zero-order chi connectivity index (χ0) is 13.2. The molecule has 0 saturated heterocycles. The first-order valence-electron chi connectivity index (χ1n) is 8.18. The molecular formula is C17H33N. The van der Waals surface area contributed by atoms with Crippen LogP contribution in [0.25, 0.3) is 0 Å². The van der Waals surface area contributed by atoms with Crippen LogP contribution < -0.4 is 0 Å². The molecule has 0 spiro atoms. The van der Waals surface area contributed by atoms with E-state index in [1.165, 1.54) is 64.3 Å². The van der Waals surface area contributed by atoms with Gasteiger partial charge >= 0.3 is 0 Å². The summed E-state index contributed by atoms with van der Waals surface area (Å²) in [6, 6.07) is 1.33. The zero-order valence-corrected chi connectivity index (χ0v) is 12.8. The number of rotatable bonds is 2. The Balaban J connectivity index is 2.58. The first-order chi connectivity index (χ1) is 8.75. The standard InChI is InChI=1S/C17H33N/c1-4-17-14-12-10-8-6-5-7-9-11-13-15-18(17)16(2)3/h12,14,16-17H,4-11,13,15H2,1-3H3/b14-12-. The second-order valence-electron chi connectivity index (χ2n) is 6.00. The summed E-state index contributed by atoms with van der Waals surface area (Å²) in [5.74, 6) is 0. The van der Waals surface area contributed by atoms with Crippen molar-refractivity contribution in [2.75, 3.05) is 6.54 Å². The molecule has 1 heterocycles. The van der Waals surface area contributed by atoms with Gasteiger partial charge in [0.2, 0.25) is 0 Å². The van der Waals surface area contributed by atoms with Crippen molar-refractivity contribution in [1.29, 1.82) is 0 Å². The van der Waals surface area contributed by atoms with E-state index < -0.39 is 0 Å². The quantitative estimate of drug-likeness (QED) is 0.612. The molecule has 0 aliphatic carbocycles. The lowest BCUT2D eigenvalue weighted by atomic mass is 10.1. The summed E-state index contributed by atoms with van der Waals surface area (Å²) >= 11 is 0. The minimum atomic E-state index is 0.658. The number of hydrogen-bond donors (Lipinski definition) is 0. The van der Waals surface area contributed by atoms with E-state index in [1.807, 2.05) is 0 Å². The van der Waals surface area contributed by atoms with Crippen LogP contribution in [0.3, 0.4) is 0 Å². The summed E-state index contributed by atoms with van der Waals surface area (Å²) in [6.45, 7) is 8.28. The zero-order valence-electron chi connectivity index (χ0n) is 12.8. The molecule has 0 aromatic heterocycles. The van der Waals surface area contributed by atoms with E-state index in [2.05, 4.69) is 37.8 Å². The molecule has 106 valence electrons. The monoisotopic (exact) mass is 251 g/mol. The third kappa shape index (κ3) is 6.04. The molecule has 18 heavy (non-hydrogen) atoms. The molecule has 1 aliphatic rings. The highest BCUT2D eigenvalue weighted by Crippen LogP contribution is 2.16. The van der Waals surface area contributed by atoms with Crippen LogP contribution in [0, 0.1) is 0 Å². The van der Waals surface area contributed by atoms with E-state index in [9.17, 15) is 0 Å². The van der Waals surface area contributed by atoms with Gasteiger partial charge in [-0.15, -0.1) is 0 Å². The van der Waals surface area contributed by atoms with Crippen molar-refractivity contribution in [2.45, 2.75) is 90.6 Å². The molecule has 0 bridgehead atoms. The molecular weight excluding hydrogens is 218 g/mol. The van der Waals surface area contributed by atoms with Crippen molar-refractivity contribution in [3.05, 3.63) is 12.2 Å². The lowest BCUT2D eigenvalue weighted by Crippen LogP contribution is -2.39. The smallest absolute Gasteiger partial charge is 0.0278 e. The maximum absolute atomic E-state index is 2.69. The molecule has 1 nitrogen and oxygen atoms in total. The maximum Gasteiger partial charge on any atom is 0.0278 e.